The van der Waals surface area contributed by atoms with Gasteiger partial charge in [-0.15, -0.1) is 0 Å². The first-order valence-electron chi connectivity index (χ1n) is 7.40. The molecule has 0 amide bonds. The second kappa shape index (κ2) is 8.41. The van der Waals surface area contributed by atoms with Crippen molar-refractivity contribution in [1.29, 1.82) is 0 Å². The van der Waals surface area contributed by atoms with E-state index in [0.717, 1.165) is 17.7 Å². The molecule has 5 heteroatoms. The topological polar surface area (TPSA) is 53.7 Å². The zero-order valence-corrected chi connectivity index (χ0v) is 14.0. The number of anilines is 1. The van der Waals surface area contributed by atoms with Crippen LogP contribution in [0.15, 0.2) is 24.3 Å². The predicted molar refractivity (Wildman–Crippen MR) is 84.5 cm³/mol. The van der Waals surface area contributed by atoms with E-state index >= 15 is 0 Å². The molecule has 0 heterocycles. The third-order valence-corrected chi connectivity index (χ3v) is 6.85. The zero-order valence-electron chi connectivity index (χ0n) is 13.0. The van der Waals surface area contributed by atoms with Crippen molar-refractivity contribution in [2.24, 2.45) is 0 Å². The molecule has 2 N–H and O–H groups in total. The highest BCUT2D eigenvalue weighted by atomic mass is 28.4. The van der Waals surface area contributed by atoms with Crippen molar-refractivity contribution in [3.05, 3.63) is 29.8 Å². The number of nitrogens with two attached hydrogens (primary N) is 1. The number of nitrogen functional groups attached to an aromatic ring is 1. The molecule has 0 aliphatic heterocycles. The van der Waals surface area contributed by atoms with Crippen molar-refractivity contribution in [2.45, 2.75) is 39.7 Å². The number of rotatable bonds is 9. The second-order valence-electron chi connectivity index (χ2n) is 4.53. The Kier molecular flexibility index (Phi) is 7.22. The average Bonchev–Trinajstić information content (AvgIpc) is 2.40. The molecular formula is C15H27NO3Si. The third-order valence-electron chi connectivity index (χ3n) is 3.18. The Hall–Kier alpha value is -0.883. The lowest BCUT2D eigenvalue weighted by Crippen LogP contribution is -2.51. The van der Waals surface area contributed by atoms with E-state index in [9.17, 15) is 0 Å². The van der Waals surface area contributed by atoms with Crippen LogP contribution in [0.25, 0.3) is 0 Å². The minimum Gasteiger partial charge on any atom is -0.399 e. The number of hydrogen-bond donors (Lipinski definition) is 1. The lowest BCUT2D eigenvalue weighted by atomic mass is 10.1. The summed E-state index contributed by atoms with van der Waals surface area (Å²) in [6.45, 7) is 9.83. The quantitative estimate of drug-likeness (QED) is 0.561. The normalized spacial score (nSPS) is 13.4. The van der Waals surface area contributed by atoms with Crippen LogP contribution in [0.1, 0.15) is 45.2 Å². The van der Waals surface area contributed by atoms with E-state index in [2.05, 4.69) is 13.0 Å². The summed E-state index contributed by atoms with van der Waals surface area (Å²) in [5.41, 5.74) is 7.92. The van der Waals surface area contributed by atoms with Gasteiger partial charge in [0.1, 0.15) is 0 Å². The van der Waals surface area contributed by atoms with Crippen molar-refractivity contribution in [1.82, 2.24) is 0 Å². The summed E-state index contributed by atoms with van der Waals surface area (Å²) < 4.78 is 18.0. The Balaban J connectivity index is 3.18. The maximum absolute atomic E-state index is 6.01. The van der Waals surface area contributed by atoms with Crippen LogP contribution in [-0.4, -0.2) is 28.6 Å². The van der Waals surface area contributed by atoms with Crippen molar-refractivity contribution < 1.29 is 13.3 Å². The summed E-state index contributed by atoms with van der Waals surface area (Å²) in [7, 11) is -2.74. The molecule has 0 radical (unpaired) electrons. The van der Waals surface area contributed by atoms with Crippen molar-refractivity contribution in [3.8, 4) is 0 Å². The van der Waals surface area contributed by atoms with Crippen LogP contribution >= 0.6 is 0 Å². The van der Waals surface area contributed by atoms with E-state index in [0.29, 0.717) is 19.8 Å². The average molecular weight is 297 g/mol. The molecule has 1 atom stereocenters. The minimum atomic E-state index is -2.74. The molecule has 1 aromatic carbocycles. The number of benzene rings is 1. The highest BCUT2D eigenvalue weighted by molar-refractivity contribution is 6.62. The minimum absolute atomic E-state index is 0.117. The SMILES string of the molecule is CCO[Si](OCC)(OCC)C(CC)c1cccc(N)c1. The molecule has 0 aromatic heterocycles. The Morgan fingerprint density at radius 3 is 1.95 bits per heavy atom. The summed E-state index contributed by atoms with van der Waals surface area (Å²) in [5.74, 6) is 0. The molecule has 0 aliphatic rings. The summed E-state index contributed by atoms with van der Waals surface area (Å²) in [6.07, 6.45) is 0.898. The van der Waals surface area contributed by atoms with Gasteiger partial charge < -0.3 is 19.0 Å². The van der Waals surface area contributed by atoms with E-state index in [1.54, 1.807) is 0 Å². The summed E-state index contributed by atoms with van der Waals surface area (Å²) in [4.78, 5) is 0. The highest BCUT2D eigenvalue weighted by Crippen LogP contribution is 2.33. The Bertz CT molecular complexity index is 383. The highest BCUT2D eigenvalue weighted by Gasteiger charge is 2.49. The lowest BCUT2D eigenvalue weighted by molar-refractivity contribution is 0.0612. The maximum atomic E-state index is 6.01. The van der Waals surface area contributed by atoms with Gasteiger partial charge in [-0.3, -0.25) is 0 Å². The molecule has 0 saturated heterocycles. The van der Waals surface area contributed by atoms with E-state index in [-0.39, 0.29) is 5.54 Å². The second-order valence-corrected chi connectivity index (χ2v) is 7.30. The van der Waals surface area contributed by atoms with Crippen molar-refractivity contribution in [2.75, 3.05) is 25.6 Å². The molecule has 0 spiro atoms. The third kappa shape index (κ3) is 4.05. The molecule has 0 fully saturated rings. The van der Waals surface area contributed by atoms with Gasteiger partial charge in [0.25, 0.3) is 0 Å². The zero-order chi connectivity index (χ0) is 15.0. The fourth-order valence-electron chi connectivity index (χ4n) is 2.50. The van der Waals surface area contributed by atoms with Gasteiger partial charge in [0.2, 0.25) is 0 Å². The molecule has 1 rings (SSSR count). The maximum Gasteiger partial charge on any atom is 0.508 e. The van der Waals surface area contributed by atoms with Crippen LogP contribution in [0.3, 0.4) is 0 Å². The first-order valence-corrected chi connectivity index (χ1v) is 9.20. The molecule has 20 heavy (non-hydrogen) atoms. The molecule has 4 nitrogen and oxygen atoms in total. The van der Waals surface area contributed by atoms with Gasteiger partial charge in [0.15, 0.2) is 0 Å². The van der Waals surface area contributed by atoms with E-state index in [1.807, 2.05) is 39.0 Å². The van der Waals surface area contributed by atoms with Crippen molar-refractivity contribution in [3.63, 3.8) is 0 Å². The van der Waals surface area contributed by atoms with Crippen LogP contribution < -0.4 is 5.73 Å². The van der Waals surface area contributed by atoms with E-state index in [4.69, 9.17) is 19.0 Å². The van der Waals surface area contributed by atoms with E-state index in [1.165, 1.54) is 0 Å². The summed E-state index contributed by atoms with van der Waals surface area (Å²) >= 11 is 0. The van der Waals surface area contributed by atoms with Crippen LogP contribution in [-0.2, 0) is 13.3 Å². The Morgan fingerprint density at radius 1 is 1.00 bits per heavy atom. The molecule has 114 valence electrons. The first-order chi connectivity index (χ1) is 9.63. The van der Waals surface area contributed by atoms with Gasteiger partial charge in [0.05, 0.1) is 5.54 Å². The smallest absolute Gasteiger partial charge is 0.399 e. The Morgan fingerprint density at radius 2 is 1.55 bits per heavy atom. The van der Waals surface area contributed by atoms with Crippen LogP contribution in [0.4, 0.5) is 5.69 Å². The molecule has 1 unspecified atom stereocenters. The lowest BCUT2D eigenvalue weighted by Gasteiger charge is -2.35. The fraction of sp³-hybridized carbons (Fsp3) is 0.600. The first kappa shape index (κ1) is 17.2. The molecule has 1 aromatic rings. The largest absolute Gasteiger partial charge is 0.508 e. The van der Waals surface area contributed by atoms with Crippen LogP contribution in [0.5, 0.6) is 0 Å². The monoisotopic (exact) mass is 297 g/mol. The molecule has 0 bridgehead atoms. The summed E-state index contributed by atoms with van der Waals surface area (Å²) in [5, 5.41) is 0. The fourth-order valence-corrected chi connectivity index (χ4v) is 5.64. The van der Waals surface area contributed by atoms with Gasteiger partial charge in [-0.1, -0.05) is 19.1 Å². The van der Waals surface area contributed by atoms with Crippen LogP contribution in [0, 0.1) is 0 Å². The molecule has 0 saturated carbocycles. The summed E-state index contributed by atoms with van der Waals surface area (Å²) in [6, 6.07) is 7.92. The van der Waals surface area contributed by atoms with Gasteiger partial charge >= 0.3 is 8.80 Å². The van der Waals surface area contributed by atoms with Gasteiger partial charge in [-0.2, -0.15) is 0 Å². The number of hydrogen-bond acceptors (Lipinski definition) is 4. The van der Waals surface area contributed by atoms with Gasteiger partial charge in [0, 0.05) is 25.5 Å². The molecule has 0 aliphatic carbocycles. The predicted octanol–water partition coefficient (Wildman–Crippen LogP) is 3.35. The van der Waals surface area contributed by atoms with Crippen LogP contribution in [0.2, 0.25) is 0 Å². The van der Waals surface area contributed by atoms with Gasteiger partial charge in [-0.25, -0.2) is 0 Å². The van der Waals surface area contributed by atoms with Gasteiger partial charge in [-0.05, 0) is 44.9 Å². The standard InChI is InChI=1S/C15H27NO3Si/c1-5-15(13-10-9-11-14(16)12-13)20(17-6-2,18-7-3)19-8-4/h9-12,15H,5-8,16H2,1-4H3. The van der Waals surface area contributed by atoms with Crippen molar-refractivity contribution >= 4 is 14.5 Å². The Labute approximate surface area is 123 Å². The molecular weight excluding hydrogens is 270 g/mol. The van der Waals surface area contributed by atoms with E-state index < -0.39 is 8.80 Å².